The summed E-state index contributed by atoms with van der Waals surface area (Å²) in [5.41, 5.74) is 0.840. The minimum absolute atomic E-state index is 0.0706. The Bertz CT molecular complexity index is 1860. The van der Waals surface area contributed by atoms with E-state index in [1.807, 2.05) is 36.4 Å². The molecule has 51 heavy (non-hydrogen) atoms. The molecular weight excluding hydrogens is 661 g/mol. The third kappa shape index (κ3) is 7.86. The van der Waals surface area contributed by atoms with Crippen molar-refractivity contribution >= 4 is 36.6 Å². The minimum atomic E-state index is -3.10. The second-order valence-corrected chi connectivity index (χ2v) is 17.6. The van der Waals surface area contributed by atoms with Gasteiger partial charge in [-0.05, 0) is 51.8 Å². The summed E-state index contributed by atoms with van der Waals surface area (Å²) in [6, 6.07) is 45.5. The molecule has 0 N–H and O–H groups in total. The quantitative estimate of drug-likeness (QED) is 0.0865. The van der Waals surface area contributed by atoms with Gasteiger partial charge >= 0.3 is 17.9 Å². The van der Waals surface area contributed by atoms with Crippen LogP contribution in [0.2, 0.25) is 5.04 Å². The zero-order chi connectivity index (χ0) is 35.8. The molecule has 260 valence electrons. The molecule has 1 heterocycles. The number of ether oxygens (including phenoxy) is 4. The third-order valence-corrected chi connectivity index (χ3v) is 13.9. The minimum Gasteiger partial charge on any atom is -0.452 e. The van der Waals surface area contributed by atoms with E-state index < -0.39 is 50.8 Å². The fraction of sp³-hybridized carbons (Fsp3) is 0.214. The topological polar surface area (TPSA) is 97.4 Å². The van der Waals surface area contributed by atoms with Crippen molar-refractivity contribution in [1.82, 2.24) is 0 Å². The maximum atomic E-state index is 13.6. The summed E-state index contributed by atoms with van der Waals surface area (Å²) in [5.74, 6) is -2.04. The van der Waals surface area contributed by atoms with E-state index in [9.17, 15) is 14.4 Å². The maximum absolute atomic E-state index is 13.6. The predicted molar refractivity (Wildman–Crippen MR) is 195 cm³/mol. The lowest BCUT2D eigenvalue weighted by atomic mass is 10.1. The Hall–Kier alpha value is -5.35. The molecule has 1 aliphatic rings. The number of hydrogen-bond donors (Lipinski definition) is 0. The highest BCUT2D eigenvalue weighted by Gasteiger charge is 2.55. The van der Waals surface area contributed by atoms with E-state index in [0.29, 0.717) is 5.56 Å². The van der Waals surface area contributed by atoms with Gasteiger partial charge in [0, 0.05) is 0 Å². The van der Waals surface area contributed by atoms with E-state index in [-0.39, 0.29) is 22.8 Å². The molecule has 0 aromatic heterocycles. The van der Waals surface area contributed by atoms with Crippen LogP contribution in [0, 0.1) is 0 Å². The van der Waals surface area contributed by atoms with Gasteiger partial charge < -0.3 is 23.4 Å². The van der Waals surface area contributed by atoms with Gasteiger partial charge in [-0.1, -0.05) is 136 Å². The standard InChI is InChI=1S/C42H40O8Si/c1-42(2,3)51(33-25-15-7-16-26-33,34-27-17-8-18-28-34)46-29-35-36(48-38(43)30-19-9-4-10-20-30)37(49-39(44)31-21-11-5-12-22-31)41(47-35)50-40(45)32-23-13-6-14-24-32/h4-28,35-37,41H,29H2,1-3H3/t35-,36-,37-,41?/m1/s1. The summed E-state index contributed by atoms with van der Waals surface area (Å²) in [6.07, 6.45) is -4.96. The van der Waals surface area contributed by atoms with E-state index >= 15 is 0 Å². The normalized spacial score (nSPS) is 18.8. The zero-order valence-corrected chi connectivity index (χ0v) is 29.7. The van der Waals surface area contributed by atoms with E-state index in [1.165, 1.54) is 0 Å². The molecule has 5 aromatic carbocycles. The van der Waals surface area contributed by atoms with E-state index in [4.69, 9.17) is 23.4 Å². The summed E-state index contributed by atoms with van der Waals surface area (Å²) < 4.78 is 31.7. The van der Waals surface area contributed by atoms with Gasteiger partial charge in [-0.15, -0.1) is 0 Å². The summed E-state index contributed by atoms with van der Waals surface area (Å²) in [7, 11) is -3.10. The number of rotatable bonds is 11. The first kappa shape index (κ1) is 35.5. The Kier molecular flexibility index (Phi) is 10.9. The van der Waals surface area contributed by atoms with Crippen molar-refractivity contribution in [3.63, 3.8) is 0 Å². The molecule has 1 unspecified atom stereocenters. The lowest BCUT2D eigenvalue weighted by Crippen LogP contribution is -2.67. The first-order chi connectivity index (χ1) is 24.7. The molecular formula is C42H40O8Si. The largest absolute Gasteiger partial charge is 0.452 e. The van der Waals surface area contributed by atoms with Crippen LogP contribution in [0.3, 0.4) is 0 Å². The molecule has 6 rings (SSSR count). The Morgan fingerprint density at radius 2 is 0.882 bits per heavy atom. The monoisotopic (exact) mass is 700 g/mol. The number of esters is 3. The van der Waals surface area contributed by atoms with Crippen molar-refractivity contribution in [2.24, 2.45) is 0 Å². The Morgan fingerprint density at radius 1 is 0.529 bits per heavy atom. The average molecular weight is 701 g/mol. The third-order valence-electron chi connectivity index (χ3n) is 8.89. The van der Waals surface area contributed by atoms with E-state index in [1.54, 1.807) is 91.0 Å². The zero-order valence-electron chi connectivity index (χ0n) is 28.7. The second-order valence-electron chi connectivity index (χ2n) is 13.3. The van der Waals surface area contributed by atoms with Gasteiger partial charge in [0.25, 0.3) is 8.32 Å². The molecule has 9 heteroatoms. The van der Waals surface area contributed by atoms with Crippen molar-refractivity contribution in [1.29, 1.82) is 0 Å². The molecule has 0 radical (unpaired) electrons. The van der Waals surface area contributed by atoms with Gasteiger partial charge in [-0.2, -0.15) is 0 Å². The number of carbonyl (C=O) groups excluding carboxylic acids is 3. The number of benzene rings is 5. The Balaban J connectivity index is 1.40. The van der Waals surface area contributed by atoms with Crippen LogP contribution in [0.1, 0.15) is 51.8 Å². The van der Waals surface area contributed by atoms with Crippen LogP contribution in [0.5, 0.6) is 0 Å². The SMILES string of the molecule is CC(C)(C)[Si](OC[C@H]1OC(OC(=O)c2ccccc2)[C@H](OC(=O)c2ccccc2)[C@@H]1OC(=O)c1ccccc1)(c1ccccc1)c1ccccc1. The summed E-state index contributed by atoms with van der Waals surface area (Å²) >= 11 is 0. The van der Waals surface area contributed by atoms with Gasteiger partial charge in [0.05, 0.1) is 23.3 Å². The Morgan fingerprint density at radius 3 is 1.27 bits per heavy atom. The lowest BCUT2D eigenvalue weighted by molar-refractivity contribution is -0.140. The van der Waals surface area contributed by atoms with Crippen molar-refractivity contribution in [2.45, 2.75) is 50.4 Å². The van der Waals surface area contributed by atoms with Crippen molar-refractivity contribution in [2.75, 3.05) is 6.61 Å². The van der Waals surface area contributed by atoms with Gasteiger partial charge in [0.1, 0.15) is 6.10 Å². The Labute approximate surface area is 299 Å². The second kappa shape index (κ2) is 15.7. The van der Waals surface area contributed by atoms with Crippen molar-refractivity contribution in [3.8, 4) is 0 Å². The summed E-state index contributed by atoms with van der Waals surface area (Å²) in [4.78, 5) is 40.6. The van der Waals surface area contributed by atoms with Gasteiger partial charge in [0.2, 0.25) is 12.4 Å². The summed E-state index contributed by atoms with van der Waals surface area (Å²) in [6.45, 7) is 6.38. The molecule has 0 bridgehead atoms. The van der Waals surface area contributed by atoms with Gasteiger partial charge in [-0.3, -0.25) is 0 Å². The first-order valence-electron chi connectivity index (χ1n) is 16.9. The van der Waals surface area contributed by atoms with Crippen LogP contribution in [-0.2, 0) is 23.4 Å². The smallest absolute Gasteiger partial charge is 0.340 e. The average Bonchev–Trinajstić information content (AvgIpc) is 3.47. The van der Waals surface area contributed by atoms with Gasteiger partial charge in [0.15, 0.2) is 6.10 Å². The van der Waals surface area contributed by atoms with E-state index in [0.717, 1.165) is 10.4 Å². The molecule has 5 aromatic rings. The molecule has 0 saturated carbocycles. The molecule has 1 aliphatic heterocycles. The molecule has 0 amide bonds. The van der Waals surface area contributed by atoms with Crippen LogP contribution in [-0.4, -0.2) is 57.4 Å². The summed E-state index contributed by atoms with van der Waals surface area (Å²) in [5, 5.41) is 1.71. The lowest BCUT2D eigenvalue weighted by Gasteiger charge is -2.43. The fourth-order valence-corrected chi connectivity index (χ4v) is 11.0. The highest BCUT2D eigenvalue weighted by molar-refractivity contribution is 6.99. The molecule has 0 spiro atoms. The molecule has 1 fully saturated rings. The van der Waals surface area contributed by atoms with Gasteiger partial charge in [-0.25, -0.2) is 14.4 Å². The molecule has 1 saturated heterocycles. The fourth-order valence-electron chi connectivity index (χ4n) is 6.44. The number of carbonyl (C=O) groups is 3. The van der Waals surface area contributed by atoms with Crippen LogP contribution in [0.4, 0.5) is 0 Å². The van der Waals surface area contributed by atoms with Crippen LogP contribution in [0.25, 0.3) is 0 Å². The predicted octanol–water partition coefficient (Wildman–Crippen LogP) is 6.60. The van der Waals surface area contributed by atoms with Crippen molar-refractivity contribution in [3.05, 3.63) is 168 Å². The van der Waals surface area contributed by atoms with E-state index in [2.05, 4.69) is 45.0 Å². The number of hydrogen-bond acceptors (Lipinski definition) is 8. The van der Waals surface area contributed by atoms with Crippen LogP contribution < -0.4 is 10.4 Å². The van der Waals surface area contributed by atoms with Crippen molar-refractivity contribution < 1.29 is 37.8 Å². The molecule has 8 nitrogen and oxygen atoms in total. The van der Waals surface area contributed by atoms with Crippen LogP contribution in [0.15, 0.2) is 152 Å². The van der Waals surface area contributed by atoms with Crippen LogP contribution >= 0.6 is 0 Å². The first-order valence-corrected chi connectivity index (χ1v) is 18.8. The molecule has 0 aliphatic carbocycles. The molecule has 4 atom stereocenters. The highest BCUT2D eigenvalue weighted by atomic mass is 28.4. The maximum Gasteiger partial charge on any atom is 0.340 e. The highest BCUT2D eigenvalue weighted by Crippen LogP contribution is 2.38.